The molecule has 9 nitrogen and oxygen atoms in total. The maximum atomic E-state index is 13.1. The number of rotatable bonds is 5. The predicted octanol–water partition coefficient (Wildman–Crippen LogP) is 2.99. The second-order valence-electron chi connectivity index (χ2n) is 7.79. The molecule has 0 fully saturated rings. The van der Waals surface area contributed by atoms with E-state index in [-0.39, 0.29) is 18.1 Å². The molecular formula is C24H22N8O. The third kappa shape index (κ3) is 3.73. The summed E-state index contributed by atoms with van der Waals surface area (Å²) in [5, 5.41) is 10.1. The molecule has 0 radical (unpaired) electrons. The highest BCUT2D eigenvalue weighted by atomic mass is 16.1. The fraction of sp³-hybridized carbons (Fsp3) is 0.167. The van der Waals surface area contributed by atoms with Gasteiger partial charge in [0.2, 0.25) is 0 Å². The van der Waals surface area contributed by atoms with Crippen LogP contribution in [-0.2, 0) is 6.54 Å². The fourth-order valence-corrected chi connectivity index (χ4v) is 3.97. The topological polar surface area (TPSA) is 117 Å². The van der Waals surface area contributed by atoms with Crippen LogP contribution < -0.4 is 11.3 Å². The van der Waals surface area contributed by atoms with Crippen LogP contribution in [0.15, 0.2) is 71.9 Å². The molecular weight excluding hydrogens is 416 g/mol. The van der Waals surface area contributed by atoms with Crippen molar-refractivity contribution in [2.45, 2.75) is 26.4 Å². The van der Waals surface area contributed by atoms with Gasteiger partial charge < -0.3 is 5.73 Å². The quantitative estimate of drug-likeness (QED) is 0.448. The molecule has 2 N–H and O–H groups in total. The lowest BCUT2D eigenvalue weighted by molar-refractivity contribution is 0.559. The van der Waals surface area contributed by atoms with Crippen molar-refractivity contribution in [3.63, 3.8) is 0 Å². The van der Waals surface area contributed by atoms with E-state index in [2.05, 4.69) is 20.1 Å². The smallest absolute Gasteiger partial charge is 0.267 e. The van der Waals surface area contributed by atoms with Crippen LogP contribution in [0.3, 0.4) is 0 Å². The number of nitrogen functional groups attached to an aromatic ring is 1. The Morgan fingerprint density at radius 2 is 1.79 bits per heavy atom. The summed E-state index contributed by atoms with van der Waals surface area (Å²) in [5.74, 6) is 0.378. The Morgan fingerprint density at radius 1 is 1.00 bits per heavy atom. The van der Waals surface area contributed by atoms with Crippen LogP contribution in [0.4, 0.5) is 5.82 Å². The van der Waals surface area contributed by atoms with Gasteiger partial charge in [-0.3, -0.25) is 9.78 Å². The molecule has 0 spiro atoms. The van der Waals surface area contributed by atoms with Crippen LogP contribution in [0.1, 0.15) is 29.9 Å². The van der Waals surface area contributed by atoms with Gasteiger partial charge in [-0.15, -0.1) is 0 Å². The van der Waals surface area contributed by atoms with Crippen LogP contribution in [0.2, 0.25) is 0 Å². The van der Waals surface area contributed by atoms with Crippen molar-refractivity contribution in [2.24, 2.45) is 0 Å². The first kappa shape index (κ1) is 20.5. The fourth-order valence-electron chi connectivity index (χ4n) is 3.97. The molecule has 0 aliphatic heterocycles. The lowest BCUT2D eigenvalue weighted by Gasteiger charge is -2.18. The number of fused-ring (bicyclic) bond motifs is 1. The third-order valence-corrected chi connectivity index (χ3v) is 5.62. The lowest BCUT2D eigenvalue weighted by Crippen LogP contribution is -2.26. The molecule has 1 atom stereocenters. The standard InChI is InChI=1S/C24H22N8O/c1-15-21-23(25)27-14-28-24(21)32(29-15)16(2)19-12-20(33)31(13-18-10-6-7-11-26-18)30-22(19)17-8-4-3-5-9-17/h3-12,14,16H,13H2,1-2H3,(H2,25,27,28). The third-order valence-electron chi connectivity index (χ3n) is 5.62. The minimum absolute atomic E-state index is 0.218. The normalized spacial score (nSPS) is 12.2. The maximum Gasteiger partial charge on any atom is 0.267 e. The molecule has 0 aliphatic rings. The van der Waals surface area contributed by atoms with Crippen molar-refractivity contribution in [1.29, 1.82) is 0 Å². The van der Waals surface area contributed by atoms with Crippen LogP contribution in [0, 0.1) is 6.92 Å². The van der Waals surface area contributed by atoms with Gasteiger partial charge in [0.25, 0.3) is 5.56 Å². The average molecular weight is 438 g/mol. The predicted molar refractivity (Wildman–Crippen MR) is 126 cm³/mol. The molecule has 9 heteroatoms. The molecule has 164 valence electrons. The lowest BCUT2D eigenvalue weighted by atomic mass is 10.0. The summed E-state index contributed by atoms with van der Waals surface area (Å²) in [6.45, 7) is 4.12. The summed E-state index contributed by atoms with van der Waals surface area (Å²) >= 11 is 0. The Balaban J connectivity index is 1.68. The molecule has 33 heavy (non-hydrogen) atoms. The molecule has 0 saturated heterocycles. The van der Waals surface area contributed by atoms with Crippen LogP contribution in [0.25, 0.3) is 22.3 Å². The van der Waals surface area contributed by atoms with Gasteiger partial charge in [0.15, 0.2) is 5.65 Å². The number of hydrogen-bond acceptors (Lipinski definition) is 7. The minimum atomic E-state index is -0.324. The zero-order valence-corrected chi connectivity index (χ0v) is 18.3. The molecule has 1 aromatic carbocycles. The van der Waals surface area contributed by atoms with E-state index in [0.29, 0.717) is 22.5 Å². The largest absolute Gasteiger partial charge is 0.383 e. The Hall–Kier alpha value is -4.40. The number of aryl methyl sites for hydroxylation is 1. The number of hydrogen-bond donors (Lipinski definition) is 1. The molecule has 4 aromatic heterocycles. The van der Waals surface area contributed by atoms with Gasteiger partial charge in [0.05, 0.1) is 35.1 Å². The van der Waals surface area contributed by atoms with Gasteiger partial charge in [0, 0.05) is 23.4 Å². The molecule has 0 saturated carbocycles. The van der Waals surface area contributed by atoms with E-state index in [9.17, 15) is 4.79 Å². The van der Waals surface area contributed by atoms with Gasteiger partial charge >= 0.3 is 0 Å². The summed E-state index contributed by atoms with van der Waals surface area (Å²) in [5.41, 5.74) is 10.3. The van der Waals surface area contributed by atoms with E-state index in [1.807, 2.05) is 62.4 Å². The zero-order chi connectivity index (χ0) is 22.9. The highest BCUT2D eigenvalue weighted by Crippen LogP contribution is 2.30. The van der Waals surface area contributed by atoms with E-state index < -0.39 is 0 Å². The molecule has 4 heterocycles. The Bertz CT molecular complexity index is 1490. The first-order valence-electron chi connectivity index (χ1n) is 10.6. The average Bonchev–Trinajstić information content (AvgIpc) is 3.18. The SMILES string of the molecule is Cc1nn(C(C)c2cc(=O)n(Cc3ccccn3)nc2-c2ccccc2)c2ncnc(N)c12. The van der Waals surface area contributed by atoms with Gasteiger partial charge in [0.1, 0.15) is 12.1 Å². The van der Waals surface area contributed by atoms with Gasteiger partial charge in [-0.1, -0.05) is 36.4 Å². The Morgan fingerprint density at radius 3 is 2.55 bits per heavy atom. The van der Waals surface area contributed by atoms with E-state index in [0.717, 1.165) is 22.5 Å². The van der Waals surface area contributed by atoms with Gasteiger partial charge in [-0.05, 0) is 26.0 Å². The highest BCUT2D eigenvalue weighted by molar-refractivity contribution is 5.88. The number of pyridine rings is 1. The van der Waals surface area contributed by atoms with Crippen molar-refractivity contribution in [2.75, 3.05) is 5.73 Å². The second-order valence-corrected chi connectivity index (χ2v) is 7.79. The van der Waals surface area contributed by atoms with Gasteiger partial charge in [-0.25, -0.2) is 19.3 Å². The van der Waals surface area contributed by atoms with Crippen molar-refractivity contribution in [3.05, 3.63) is 94.4 Å². The van der Waals surface area contributed by atoms with E-state index in [4.69, 9.17) is 10.8 Å². The summed E-state index contributed by atoms with van der Waals surface area (Å²) in [4.78, 5) is 25.9. The maximum absolute atomic E-state index is 13.1. The van der Waals surface area contributed by atoms with Crippen molar-refractivity contribution in [1.82, 2.24) is 34.5 Å². The minimum Gasteiger partial charge on any atom is -0.383 e. The van der Waals surface area contributed by atoms with E-state index >= 15 is 0 Å². The first-order valence-corrected chi connectivity index (χ1v) is 10.6. The van der Waals surface area contributed by atoms with Crippen LogP contribution in [-0.4, -0.2) is 34.5 Å². The summed E-state index contributed by atoms with van der Waals surface area (Å²) in [7, 11) is 0. The number of nitrogens with zero attached hydrogens (tertiary/aromatic N) is 7. The zero-order valence-electron chi connectivity index (χ0n) is 18.3. The summed E-state index contributed by atoms with van der Waals surface area (Å²) < 4.78 is 3.21. The molecule has 5 aromatic rings. The second kappa shape index (κ2) is 8.27. The van der Waals surface area contributed by atoms with Crippen molar-refractivity contribution >= 4 is 16.9 Å². The number of anilines is 1. The molecule has 0 bridgehead atoms. The van der Waals surface area contributed by atoms with E-state index in [1.165, 1.54) is 11.0 Å². The summed E-state index contributed by atoms with van der Waals surface area (Å²) in [6, 6.07) is 16.7. The van der Waals surface area contributed by atoms with E-state index in [1.54, 1.807) is 16.9 Å². The number of benzene rings is 1. The molecule has 1 unspecified atom stereocenters. The van der Waals surface area contributed by atoms with Gasteiger partial charge in [-0.2, -0.15) is 10.2 Å². The molecule has 5 rings (SSSR count). The van der Waals surface area contributed by atoms with Crippen molar-refractivity contribution < 1.29 is 0 Å². The molecule has 0 amide bonds. The Kier molecular flexibility index (Phi) is 5.14. The number of aromatic nitrogens is 7. The molecule has 0 aliphatic carbocycles. The van der Waals surface area contributed by atoms with Crippen LogP contribution in [0.5, 0.6) is 0 Å². The first-order chi connectivity index (χ1) is 16.0. The monoisotopic (exact) mass is 438 g/mol. The Labute approximate surface area is 189 Å². The van der Waals surface area contributed by atoms with Crippen molar-refractivity contribution in [3.8, 4) is 11.3 Å². The van der Waals surface area contributed by atoms with Crippen LogP contribution >= 0.6 is 0 Å². The highest BCUT2D eigenvalue weighted by Gasteiger charge is 2.22. The summed E-state index contributed by atoms with van der Waals surface area (Å²) in [6.07, 6.45) is 3.12. The number of nitrogens with two attached hydrogens (primary N) is 1.